The van der Waals surface area contributed by atoms with Crippen LogP contribution in [-0.2, 0) is 14.3 Å². The van der Waals surface area contributed by atoms with Gasteiger partial charge in [0.15, 0.2) is 0 Å². The molecule has 2 fully saturated rings. The van der Waals surface area contributed by atoms with Crippen molar-refractivity contribution in [3.63, 3.8) is 0 Å². The van der Waals surface area contributed by atoms with Crippen LogP contribution in [0.4, 0.5) is 5.69 Å². The van der Waals surface area contributed by atoms with Gasteiger partial charge in [0.2, 0.25) is 11.8 Å². The number of carbonyl (C=O) groups is 3. The molecular weight excluding hydrogens is 476 g/mol. The average molecular weight is 517 g/mol. The maximum atomic E-state index is 14.1. The molecule has 1 N–H and O–H groups in total. The average Bonchev–Trinajstić information content (AvgIpc) is 3.14. The van der Waals surface area contributed by atoms with Crippen LogP contribution < -0.4 is 4.90 Å². The van der Waals surface area contributed by atoms with Crippen molar-refractivity contribution < 1.29 is 24.2 Å². The number of aromatic carboxylic acids is 1. The smallest absolute Gasteiger partial charge is 0.348 e. The highest BCUT2D eigenvalue weighted by molar-refractivity contribution is 7.15. The Morgan fingerprint density at radius 3 is 2.44 bits per heavy atom. The number of hydrogen-bond acceptors (Lipinski definition) is 5. The number of rotatable bonds is 7. The van der Waals surface area contributed by atoms with E-state index in [0.717, 1.165) is 43.4 Å². The largest absolute Gasteiger partial charge is 0.477 e. The molecule has 0 radical (unpaired) electrons. The van der Waals surface area contributed by atoms with E-state index in [4.69, 9.17) is 4.74 Å². The summed E-state index contributed by atoms with van der Waals surface area (Å²) in [6.07, 6.45) is 4.68. The molecule has 1 aliphatic heterocycles. The van der Waals surface area contributed by atoms with Gasteiger partial charge < -0.3 is 14.7 Å². The number of amides is 2. The second-order valence-corrected chi connectivity index (χ2v) is 12.2. The molecule has 1 saturated carbocycles. The molecular formula is C28H40N2O5S. The minimum absolute atomic E-state index is 0.0741. The summed E-state index contributed by atoms with van der Waals surface area (Å²) in [5.74, 6) is 5.33. The molecule has 2 amide bonds. The molecule has 1 aromatic heterocycles. The zero-order valence-corrected chi connectivity index (χ0v) is 23.3. The number of hydrogen-bond donors (Lipinski definition) is 1. The van der Waals surface area contributed by atoms with E-state index >= 15 is 0 Å². The van der Waals surface area contributed by atoms with Crippen LogP contribution in [0.5, 0.6) is 0 Å². The second kappa shape index (κ2) is 11.8. The Bertz CT molecular complexity index is 1040. The Morgan fingerprint density at radius 2 is 1.86 bits per heavy atom. The molecule has 3 rings (SSSR count). The van der Waals surface area contributed by atoms with Gasteiger partial charge in [-0.15, -0.1) is 11.3 Å². The Hall–Kier alpha value is -2.37. The second-order valence-electron chi connectivity index (χ2n) is 11.2. The fraction of sp³-hybridized carbons (Fsp3) is 0.679. The maximum Gasteiger partial charge on any atom is 0.348 e. The number of anilines is 1. The molecule has 1 saturated heterocycles. The Labute approximate surface area is 219 Å². The summed E-state index contributed by atoms with van der Waals surface area (Å²) in [6, 6.07) is -0.725. The first-order valence-electron chi connectivity index (χ1n) is 12.9. The third kappa shape index (κ3) is 6.49. The number of likely N-dealkylation sites (tertiary alicyclic amines) is 1. The third-order valence-corrected chi connectivity index (χ3v) is 8.27. The van der Waals surface area contributed by atoms with Crippen LogP contribution in [0.15, 0.2) is 0 Å². The summed E-state index contributed by atoms with van der Waals surface area (Å²) in [4.78, 5) is 44.2. The van der Waals surface area contributed by atoms with Crippen LogP contribution in [0.3, 0.4) is 0 Å². The van der Waals surface area contributed by atoms with Crippen molar-refractivity contribution in [1.82, 2.24) is 4.90 Å². The van der Waals surface area contributed by atoms with Crippen LogP contribution in [0, 0.1) is 36.0 Å². The number of carbonyl (C=O) groups excluding carboxylic acids is 2. The van der Waals surface area contributed by atoms with Crippen molar-refractivity contribution in [2.75, 3.05) is 31.7 Å². The van der Waals surface area contributed by atoms with Gasteiger partial charge >= 0.3 is 5.97 Å². The highest BCUT2D eigenvalue weighted by atomic mass is 32.1. The number of methoxy groups -OCH3 is 1. The first-order valence-corrected chi connectivity index (χ1v) is 13.8. The monoisotopic (exact) mass is 516 g/mol. The van der Waals surface area contributed by atoms with Crippen molar-refractivity contribution >= 4 is 34.8 Å². The Morgan fingerprint density at radius 1 is 1.19 bits per heavy atom. The third-order valence-electron chi connectivity index (χ3n) is 7.08. The minimum atomic E-state index is -1.10. The van der Waals surface area contributed by atoms with Crippen LogP contribution >= 0.6 is 11.3 Å². The number of carboxylic acids is 1. The number of thiophene rings is 1. The zero-order valence-electron chi connectivity index (χ0n) is 22.5. The number of piperidine rings is 1. The van der Waals surface area contributed by atoms with Gasteiger partial charge in [0.25, 0.3) is 0 Å². The minimum Gasteiger partial charge on any atom is -0.477 e. The highest BCUT2D eigenvalue weighted by Gasteiger charge is 2.42. The predicted octanol–water partition coefficient (Wildman–Crippen LogP) is 4.95. The van der Waals surface area contributed by atoms with E-state index in [1.54, 1.807) is 16.9 Å². The van der Waals surface area contributed by atoms with Gasteiger partial charge in [-0.05, 0) is 72.1 Å². The lowest BCUT2D eigenvalue weighted by molar-refractivity contribution is -0.138. The molecule has 0 aromatic carbocycles. The van der Waals surface area contributed by atoms with Crippen molar-refractivity contribution in [2.45, 2.75) is 79.2 Å². The molecule has 198 valence electrons. The zero-order chi connectivity index (χ0) is 26.6. The van der Waals surface area contributed by atoms with E-state index < -0.39 is 12.0 Å². The predicted molar refractivity (Wildman–Crippen MR) is 142 cm³/mol. The van der Waals surface area contributed by atoms with Crippen molar-refractivity contribution in [3.8, 4) is 11.8 Å². The lowest BCUT2D eigenvalue weighted by Crippen LogP contribution is -2.56. The van der Waals surface area contributed by atoms with Gasteiger partial charge in [-0.25, -0.2) is 4.79 Å². The van der Waals surface area contributed by atoms with Gasteiger partial charge in [0.05, 0.1) is 17.2 Å². The van der Waals surface area contributed by atoms with E-state index in [1.807, 2.05) is 27.7 Å². The van der Waals surface area contributed by atoms with Crippen molar-refractivity contribution in [2.24, 2.45) is 17.3 Å². The molecule has 2 aliphatic rings. The van der Waals surface area contributed by atoms with E-state index in [2.05, 4.69) is 18.8 Å². The summed E-state index contributed by atoms with van der Waals surface area (Å²) in [5.41, 5.74) is 0.755. The molecule has 1 atom stereocenters. The van der Waals surface area contributed by atoms with E-state index in [0.29, 0.717) is 48.2 Å². The number of carboxylic acid groups (broad SMARTS) is 1. The molecule has 8 heteroatoms. The fourth-order valence-electron chi connectivity index (χ4n) is 5.01. The molecule has 0 unspecified atom stereocenters. The highest BCUT2D eigenvalue weighted by Crippen LogP contribution is 2.40. The molecule has 1 aliphatic carbocycles. The lowest BCUT2D eigenvalue weighted by Gasteiger charge is -2.40. The maximum absolute atomic E-state index is 14.1. The number of ether oxygens (including phenoxy) is 1. The molecule has 7 nitrogen and oxygen atoms in total. The van der Waals surface area contributed by atoms with Gasteiger partial charge in [-0.1, -0.05) is 18.8 Å². The standard InChI is InChI=1S/C28H40N2O5S/c1-18-9-11-20(12-10-18)25(31)30(21-8-7-15-29(26(21)32)16-17-35-6)23-19(2)22(13-14-28(3,4)5)36-24(23)27(33)34/h18,20-21H,7-12,15-17H2,1-6H3,(H,33,34)/t18-,20-,21-/m0/s1. The molecule has 36 heavy (non-hydrogen) atoms. The van der Waals surface area contributed by atoms with Gasteiger partial charge in [0, 0.05) is 37.1 Å². The normalized spacial score (nSPS) is 22.7. The first-order chi connectivity index (χ1) is 16.9. The van der Waals surface area contributed by atoms with Crippen LogP contribution in [0.2, 0.25) is 0 Å². The quantitative estimate of drug-likeness (QED) is 0.518. The fourth-order valence-corrected chi connectivity index (χ4v) is 6.00. The Kier molecular flexibility index (Phi) is 9.23. The topological polar surface area (TPSA) is 87.2 Å². The van der Waals surface area contributed by atoms with Gasteiger partial charge in [0.1, 0.15) is 10.9 Å². The molecule has 0 spiro atoms. The summed E-state index contributed by atoms with van der Waals surface area (Å²) in [5, 5.41) is 10.2. The summed E-state index contributed by atoms with van der Waals surface area (Å²) >= 11 is 1.10. The molecule has 1 aromatic rings. The summed E-state index contributed by atoms with van der Waals surface area (Å²) in [7, 11) is 1.60. The van der Waals surface area contributed by atoms with E-state index in [-0.39, 0.29) is 28.0 Å². The van der Waals surface area contributed by atoms with Gasteiger partial charge in [-0.2, -0.15) is 0 Å². The van der Waals surface area contributed by atoms with Crippen LogP contribution in [0.1, 0.15) is 86.3 Å². The SMILES string of the molecule is COCCN1CCC[C@H](N(c2c(C(=O)O)sc(C#CC(C)(C)C)c2C)C(=O)[C@H]2CC[C@H](C)CC2)C1=O. The first kappa shape index (κ1) is 28.2. The summed E-state index contributed by atoms with van der Waals surface area (Å²) in [6.45, 7) is 11.5. The van der Waals surface area contributed by atoms with Gasteiger partial charge in [-0.3, -0.25) is 14.5 Å². The van der Waals surface area contributed by atoms with E-state index in [9.17, 15) is 19.5 Å². The lowest BCUT2D eigenvalue weighted by atomic mass is 9.81. The molecule has 2 heterocycles. The van der Waals surface area contributed by atoms with Crippen LogP contribution in [-0.4, -0.2) is 60.6 Å². The van der Waals surface area contributed by atoms with Crippen molar-refractivity contribution in [3.05, 3.63) is 15.3 Å². The Balaban J connectivity index is 2.12. The van der Waals surface area contributed by atoms with E-state index in [1.165, 1.54) is 0 Å². The summed E-state index contributed by atoms with van der Waals surface area (Å²) < 4.78 is 5.19. The number of nitrogens with zero attached hydrogens (tertiary/aromatic N) is 2. The van der Waals surface area contributed by atoms with Crippen LogP contribution in [0.25, 0.3) is 0 Å². The molecule has 0 bridgehead atoms. The van der Waals surface area contributed by atoms with Crippen molar-refractivity contribution in [1.29, 1.82) is 0 Å².